The Morgan fingerprint density at radius 2 is 1.90 bits per heavy atom. The zero-order valence-corrected chi connectivity index (χ0v) is 12.0. The lowest BCUT2D eigenvalue weighted by Crippen LogP contribution is -2.30. The van der Waals surface area contributed by atoms with Crippen molar-refractivity contribution >= 4 is 17.5 Å². The minimum atomic E-state index is -0.289. The Kier molecular flexibility index (Phi) is 4.25. The molecule has 0 radical (unpaired) electrons. The van der Waals surface area contributed by atoms with E-state index in [0.717, 1.165) is 5.56 Å². The summed E-state index contributed by atoms with van der Waals surface area (Å²) in [5.74, 6) is -0.196. The van der Waals surface area contributed by atoms with Crippen LogP contribution in [0.15, 0.2) is 47.4 Å². The summed E-state index contributed by atoms with van der Waals surface area (Å²) in [6.07, 6.45) is 1.47. The first-order chi connectivity index (χ1) is 9.49. The first kappa shape index (κ1) is 14.3. The van der Waals surface area contributed by atoms with Crippen molar-refractivity contribution in [3.8, 4) is 0 Å². The summed E-state index contributed by atoms with van der Waals surface area (Å²) in [4.78, 5) is 27.7. The average Bonchev–Trinajstić information content (AvgIpc) is 2.46. The number of amides is 1. The molecular weight excluding hydrogens is 276 g/mol. The molecule has 2 aromatic rings. The molecule has 4 nitrogen and oxygen atoms in total. The Balaban J connectivity index is 2.22. The quantitative estimate of drug-likeness (QED) is 0.945. The van der Waals surface area contributed by atoms with E-state index < -0.39 is 0 Å². The molecule has 0 bridgehead atoms. The Hall–Kier alpha value is -2.07. The van der Waals surface area contributed by atoms with Crippen LogP contribution >= 0.6 is 11.6 Å². The predicted octanol–water partition coefficient (Wildman–Crippen LogP) is 2.86. The highest BCUT2D eigenvalue weighted by Gasteiger charge is 2.19. The number of H-pyrrole nitrogens is 1. The monoisotopic (exact) mass is 290 g/mol. The SMILES string of the molecule is CC(c1ccc(Cl)cc1)N(C)C(=O)c1cc[nH]c(=O)c1. The second-order valence-corrected chi connectivity index (χ2v) is 5.02. The lowest BCUT2D eigenvalue weighted by Gasteiger charge is -2.25. The highest BCUT2D eigenvalue weighted by molar-refractivity contribution is 6.30. The number of carbonyl (C=O) groups is 1. The average molecular weight is 291 g/mol. The summed E-state index contributed by atoms with van der Waals surface area (Å²) in [5, 5.41) is 0.657. The number of nitrogens with zero attached hydrogens (tertiary/aromatic N) is 1. The van der Waals surface area contributed by atoms with Crippen LogP contribution in [0.3, 0.4) is 0 Å². The number of aromatic nitrogens is 1. The molecule has 1 N–H and O–H groups in total. The van der Waals surface area contributed by atoms with E-state index in [1.165, 1.54) is 12.3 Å². The maximum Gasteiger partial charge on any atom is 0.254 e. The molecule has 0 spiro atoms. The molecule has 104 valence electrons. The molecule has 0 saturated heterocycles. The van der Waals surface area contributed by atoms with E-state index in [4.69, 9.17) is 11.6 Å². The maximum atomic E-state index is 12.3. The van der Waals surface area contributed by atoms with E-state index in [2.05, 4.69) is 4.98 Å². The van der Waals surface area contributed by atoms with E-state index in [1.54, 1.807) is 30.1 Å². The fourth-order valence-electron chi connectivity index (χ4n) is 1.92. The van der Waals surface area contributed by atoms with Crippen molar-refractivity contribution in [3.05, 3.63) is 69.1 Å². The van der Waals surface area contributed by atoms with Crippen molar-refractivity contribution in [2.24, 2.45) is 0 Å². The molecule has 0 aliphatic heterocycles. The molecule has 1 unspecified atom stereocenters. The van der Waals surface area contributed by atoms with Gasteiger partial charge in [-0.1, -0.05) is 23.7 Å². The first-order valence-electron chi connectivity index (χ1n) is 6.20. The van der Waals surface area contributed by atoms with E-state index >= 15 is 0 Å². The number of hydrogen-bond donors (Lipinski definition) is 1. The highest BCUT2D eigenvalue weighted by Crippen LogP contribution is 2.22. The Morgan fingerprint density at radius 1 is 1.25 bits per heavy atom. The number of hydrogen-bond acceptors (Lipinski definition) is 2. The molecule has 0 saturated carbocycles. The van der Waals surface area contributed by atoms with E-state index in [9.17, 15) is 9.59 Å². The van der Waals surface area contributed by atoms with Gasteiger partial charge in [-0.15, -0.1) is 0 Å². The van der Waals surface area contributed by atoms with Crippen molar-refractivity contribution in [1.82, 2.24) is 9.88 Å². The van der Waals surface area contributed by atoms with Gasteiger partial charge in [-0.2, -0.15) is 0 Å². The van der Waals surface area contributed by atoms with Crippen LogP contribution in [0.2, 0.25) is 5.02 Å². The number of benzene rings is 1. The number of rotatable bonds is 3. The summed E-state index contributed by atoms with van der Waals surface area (Å²) < 4.78 is 0. The van der Waals surface area contributed by atoms with Gasteiger partial charge >= 0.3 is 0 Å². The molecule has 0 aliphatic carbocycles. The van der Waals surface area contributed by atoms with Crippen molar-refractivity contribution in [1.29, 1.82) is 0 Å². The lowest BCUT2D eigenvalue weighted by molar-refractivity contribution is 0.0742. The molecule has 0 fully saturated rings. The topological polar surface area (TPSA) is 53.2 Å². The van der Waals surface area contributed by atoms with Crippen LogP contribution in [0, 0.1) is 0 Å². The third-order valence-electron chi connectivity index (χ3n) is 3.28. The van der Waals surface area contributed by atoms with Crippen LogP contribution in [0.25, 0.3) is 0 Å². The molecule has 2 rings (SSSR count). The molecule has 1 heterocycles. The van der Waals surface area contributed by atoms with E-state index in [0.29, 0.717) is 10.6 Å². The van der Waals surface area contributed by atoms with Crippen LogP contribution < -0.4 is 5.56 Å². The summed E-state index contributed by atoms with van der Waals surface area (Å²) in [5.41, 5.74) is 1.07. The van der Waals surface area contributed by atoms with Gasteiger partial charge in [0, 0.05) is 29.9 Å². The molecule has 1 amide bonds. The number of pyridine rings is 1. The van der Waals surface area contributed by atoms with E-state index in [1.807, 2.05) is 19.1 Å². The van der Waals surface area contributed by atoms with Gasteiger partial charge in [0.25, 0.3) is 5.91 Å². The third kappa shape index (κ3) is 3.08. The summed E-state index contributed by atoms with van der Waals surface area (Å²) in [7, 11) is 1.71. The largest absolute Gasteiger partial charge is 0.335 e. The molecule has 1 atom stereocenters. The standard InChI is InChI=1S/C15H15ClN2O2/c1-10(11-3-5-13(16)6-4-11)18(2)15(20)12-7-8-17-14(19)9-12/h3-10H,1-2H3,(H,17,19). The maximum absolute atomic E-state index is 12.3. The number of nitrogens with one attached hydrogen (secondary N) is 1. The van der Waals surface area contributed by atoms with Crippen LogP contribution in [-0.2, 0) is 0 Å². The minimum absolute atomic E-state index is 0.112. The van der Waals surface area contributed by atoms with Gasteiger partial charge < -0.3 is 9.88 Å². The van der Waals surface area contributed by atoms with Crippen molar-refractivity contribution in [3.63, 3.8) is 0 Å². The molecular formula is C15H15ClN2O2. The zero-order valence-electron chi connectivity index (χ0n) is 11.3. The van der Waals surface area contributed by atoms with Gasteiger partial charge in [0.1, 0.15) is 0 Å². The van der Waals surface area contributed by atoms with Crippen molar-refractivity contribution in [2.75, 3.05) is 7.05 Å². The van der Waals surface area contributed by atoms with Crippen LogP contribution in [0.5, 0.6) is 0 Å². The molecule has 1 aromatic heterocycles. The Morgan fingerprint density at radius 3 is 2.50 bits per heavy atom. The summed E-state index contributed by atoms with van der Waals surface area (Å²) in [6, 6.07) is 10.1. The molecule has 20 heavy (non-hydrogen) atoms. The first-order valence-corrected chi connectivity index (χ1v) is 6.58. The fraction of sp³-hybridized carbons (Fsp3) is 0.200. The van der Waals surface area contributed by atoms with Gasteiger partial charge in [0.2, 0.25) is 5.56 Å². The predicted molar refractivity (Wildman–Crippen MR) is 79.0 cm³/mol. The smallest absolute Gasteiger partial charge is 0.254 e. The van der Waals surface area contributed by atoms with Gasteiger partial charge in [-0.25, -0.2) is 0 Å². The zero-order chi connectivity index (χ0) is 14.7. The number of halogens is 1. The Bertz CT molecular complexity index is 664. The van der Waals surface area contributed by atoms with Gasteiger partial charge in [-0.05, 0) is 30.7 Å². The van der Waals surface area contributed by atoms with Gasteiger partial charge in [-0.3, -0.25) is 9.59 Å². The van der Waals surface area contributed by atoms with E-state index in [-0.39, 0.29) is 17.5 Å². The minimum Gasteiger partial charge on any atom is -0.335 e. The summed E-state index contributed by atoms with van der Waals surface area (Å²) in [6.45, 7) is 1.92. The van der Waals surface area contributed by atoms with Gasteiger partial charge in [0.15, 0.2) is 0 Å². The normalized spacial score (nSPS) is 11.9. The third-order valence-corrected chi connectivity index (χ3v) is 3.53. The highest BCUT2D eigenvalue weighted by atomic mass is 35.5. The second-order valence-electron chi connectivity index (χ2n) is 4.59. The van der Waals surface area contributed by atoms with Crippen LogP contribution in [-0.4, -0.2) is 22.8 Å². The van der Waals surface area contributed by atoms with Crippen molar-refractivity contribution < 1.29 is 4.79 Å². The van der Waals surface area contributed by atoms with Crippen LogP contribution in [0.4, 0.5) is 0 Å². The number of aromatic amines is 1. The molecule has 5 heteroatoms. The fourth-order valence-corrected chi connectivity index (χ4v) is 2.05. The lowest BCUT2D eigenvalue weighted by atomic mass is 10.1. The van der Waals surface area contributed by atoms with Crippen molar-refractivity contribution in [2.45, 2.75) is 13.0 Å². The molecule has 1 aromatic carbocycles. The summed E-state index contributed by atoms with van der Waals surface area (Å²) >= 11 is 5.85. The Labute approximate surface area is 122 Å². The molecule has 0 aliphatic rings. The van der Waals surface area contributed by atoms with Crippen LogP contribution in [0.1, 0.15) is 28.9 Å². The second kappa shape index (κ2) is 5.92. The van der Waals surface area contributed by atoms with Gasteiger partial charge in [0.05, 0.1) is 6.04 Å². The number of carbonyl (C=O) groups excluding carboxylic acids is 1.